The molecule has 21 heavy (non-hydrogen) atoms. The van der Waals surface area contributed by atoms with E-state index >= 15 is 0 Å². The predicted octanol–water partition coefficient (Wildman–Crippen LogP) is 3.04. The van der Waals surface area contributed by atoms with Gasteiger partial charge < -0.3 is 9.73 Å². The first-order valence-electron chi connectivity index (χ1n) is 6.53. The lowest BCUT2D eigenvalue weighted by molar-refractivity contribution is -0.115. The van der Waals surface area contributed by atoms with E-state index < -0.39 is 0 Å². The van der Waals surface area contributed by atoms with Crippen LogP contribution in [0.2, 0.25) is 0 Å². The van der Waals surface area contributed by atoms with Gasteiger partial charge in [0.2, 0.25) is 5.91 Å². The van der Waals surface area contributed by atoms with E-state index in [2.05, 4.69) is 10.6 Å². The van der Waals surface area contributed by atoms with Crippen LogP contribution in [0.15, 0.2) is 59.2 Å². The molecule has 0 fully saturated rings. The van der Waals surface area contributed by atoms with Crippen LogP contribution in [0.4, 0.5) is 0 Å². The second-order valence-corrected chi connectivity index (χ2v) is 4.85. The third-order valence-corrected chi connectivity index (χ3v) is 3.05. The molecule has 4 nitrogen and oxygen atoms in total. The summed E-state index contributed by atoms with van der Waals surface area (Å²) in [5, 5.41) is 5.95. The van der Waals surface area contributed by atoms with Crippen molar-refractivity contribution in [1.29, 1.82) is 0 Å². The van der Waals surface area contributed by atoms with Gasteiger partial charge in [0.1, 0.15) is 5.76 Å². The van der Waals surface area contributed by atoms with Crippen molar-refractivity contribution in [3.8, 4) is 0 Å². The third-order valence-electron chi connectivity index (χ3n) is 2.83. The molecule has 0 bridgehead atoms. The fourth-order valence-corrected chi connectivity index (χ4v) is 2.03. The minimum Gasteiger partial charge on any atom is -0.465 e. The van der Waals surface area contributed by atoms with Crippen LogP contribution in [0.5, 0.6) is 0 Å². The Kier molecular flexibility index (Phi) is 5.29. The van der Waals surface area contributed by atoms with Gasteiger partial charge in [0.25, 0.3) is 0 Å². The van der Waals surface area contributed by atoms with E-state index in [1.807, 2.05) is 37.3 Å². The molecule has 2 rings (SSSR count). The molecule has 2 aromatic rings. The summed E-state index contributed by atoms with van der Waals surface area (Å²) in [7, 11) is 0. The van der Waals surface area contributed by atoms with Gasteiger partial charge >= 0.3 is 0 Å². The van der Waals surface area contributed by atoms with Crippen molar-refractivity contribution in [3.63, 3.8) is 0 Å². The van der Waals surface area contributed by atoms with Gasteiger partial charge in [0, 0.05) is 6.08 Å². The number of hydrogen-bond donors (Lipinski definition) is 2. The molecule has 1 heterocycles. The van der Waals surface area contributed by atoms with Crippen molar-refractivity contribution in [3.05, 3.63) is 66.1 Å². The van der Waals surface area contributed by atoms with Crippen molar-refractivity contribution >= 4 is 29.3 Å². The average molecular weight is 300 g/mol. The molecular formula is C16H16N2O2S. The number of nitrogens with one attached hydrogen (secondary N) is 2. The van der Waals surface area contributed by atoms with Crippen LogP contribution in [-0.4, -0.2) is 11.0 Å². The summed E-state index contributed by atoms with van der Waals surface area (Å²) >= 11 is 5.12. The van der Waals surface area contributed by atoms with Crippen molar-refractivity contribution < 1.29 is 9.21 Å². The van der Waals surface area contributed by atoms with Gasteiger partial charge in [-0.25, -0.2) is 0 Å². The third kappa shape index (κ3) is 4.89. The van der Waals surface area contributed by atoms with Crippen molar-refractivity contribution in [2.75, 3.05) is 0 Å². The van der Waals surface area contributed by atoms with Gasteiger partial charge in [-0.05, 0) is 42.9 Å². The first-order chi connectivity index (χ1) is 10.1. The number of hydrogen-bond acceptors (Lipinski definition) is 3. The van der Waals surface area contributed by atoms with Gasteiger partial charge in [-0.1, -0.05) is 30.3 Å². The highest BCUT2D eigenvalue weighted by Crippen LogP contribution is 2.10. The highest BCUT2D eigenvalue weighted by molar-refractivity contribution is 7.80. The van der Waals surface area contributed by atoms with E-state index in [1.54, 1.807) is 24.5 Å². The van der Waals surface area contributed by atoms with Crippen molar-refractivity contribution in [1.82, 2.24) is 10.6 Å². The Bertz CT molecular complexity index is 621. The fraction of sp³-hybridized carbons (Fsp3) is 0.125. The summed E-state index contributed by atoms with van der Waals surface area (Å²) in [6.07, 6.45) is 4.50. The Labute approximate surface area is 128 Å². The van der Waals surface area contributed by atoms with Crippen molar-refractivity contribution in [2.24, 2.45) is 0 Å². The molecule has 0 aliphatic rings. The first kappa shape index (κ1) is 15.0. The molecule has 1 atom stereocenters. The minimum absolute atomic E-state index is 0.0213. The van der Waals surface area contributed by atoms with E-state index in [4.69, 9.17) is 16.6 Å². The standard InChI is InChI=1S/C16H16N2O2S/c1-12(13-6-3-2-4-7-13)17-16(21)18-15(19)10-9-14-8-5-11-20-14/h2-12H,1H3,(H2,17,18,19,21)/b10-9+. The average Bonchev–Trinajstić information content (AvgIpc) is 2.99. The zero-order valence-electron chi connectivity index (χ0n) is 11.6. The van der Waals surface area contributed by atoms with E-state index in [9.17, 15) is 4.79 Å². The number of rotatable bonds is 4. The van der Waals surface area contributed by atoms with Gasteiger partial charge in [0.15, 0.2) is 5.11 Å². The Morgan fingerprint density at radius 1 is 1.24 bits per heavy atom. The Morgan fingerprint density at radius 3 is 2.67 bits per heavy atom. The molecule has 1 aromatic carbocycles. The fourth-order valence-electron chi connectivity index (χ4n) is 1.76. The lowest BCUT2D eigenvalue weighted by Crippen LogP contribution is -2.39. The van der Waals surface area contributed by atoms with Crippen LogP contribution in [0.1, 0.15) is 24.3 Å². The summed E-state index contributed by atoms with van der Waals surface area (Å²) in [5.41, 5.74) is 1.10. The zero-order chi connectivity index (χ0) is 15.1. The van der Waals surface area contributed by atoms with Gasteiger partial charge in [-0.3, -0.25) is 10.1 Å². The number of carbonyl (C=O) groups is 1. The molecule has 108 valence electrons. The molecule has 1 unspecified atom stereocenters. The largest absolute Gasteiger partial charge is 0.465 e. The molecule has 0 aliphatic heterocycles. The maximum atomic E-state index is 11.7. The van der Waals surface area contributed by atoms with Gasteiger partial charge in [-0.15, -0.1) is 0 Å². The monoisotopic (exact) mass is 300 g/mol. The van der Waals surface area contributed by atoms with Crippen LogP contribution in [0.3, 0.4) is 0 Å². The SMILES string of the molecule is CC(NC(=S)NC(=O)/C=C/c1ccco1)c1ccccc1. The molecule has 2 N–H and O–H groups in total. The topological polar surface area (TPSA) is 54.3 Å². The number of benzene rings is 1. The van der Waals surface area contributed by atoms with Crippen LogP contribution in [-0.2, 0) is 4.79 Å². The lowest BCUT2D eigenvalue weighted by Gasteiger charge is -2.16. The maximum Gasteiger partial charge on any atom is 0.250 e. The number of carbonyl (C=O) groups excluding carboxylic acids is 1. The molecule has 1 aromatic heterocycles. The van der Waals surface area contributed by atoms with Gasteiger partial charge in [-0.2, -0.15) is 0 Å². The Morgan fingerprint density at radius 2 is 2.00 bits per heavy atom. The van der Waals surface area contributed by atoms with Crippen LogP contribution in [0.25, 0.3) is 6.08 Å². The maximum absolute atomic E-state index is 11.7. The van der Waals surface area contributed by atoms with E-state index in [1.165, 1.54) is 6.08 Å². The molecular weight excluding hydrogens is 284 g/mol. The smallest absolute Gasteiger partial charge is 0.250 e. The molecule has 0 aliphatic carbocycles. The Hall–Kier alpha value is -2.40. The van der Waals surface area contributed by atoms with E-state index in [0.717, 1.165) is 5.56 Å². The molecule has 5 heteroatoms. The molecule has 0 spiro atoms. The summed E-state index contributed by atoms with van der Waals surface area (Å²) in [6, 6.07) is 13.4. The predicted molar refractivity (Wildman–Crippen MR) is 86.5 cm³/mol. The summed E-state index contributed by atoms with van der Waals surface area (Å²) in [6.45, 7) is 1.98. The second-order valence-electron chi connectivity index (χ2n) is 4.44. The normalized spacial score (nSPS) is 12.0. The van der Waals surface area contributed by atoms with Gasteiger partial charge in [0.05, 0.1) is 12.3 Å². The summed E-state index contributed by atoms with van der Waals surface area (Å²) in [4.78, 5) is 11.7. The summed E-state index contributed by atoms with van der Waals surface area (Å²) < 4.78 is 5.10. The highest BCUT2D eigenvalue weighted by Gasteiger charge is 2.07. The second kappa shape index (κ2) is 7.40. The van der Waals surface area contributed by atoms with Crippen molar-refractivity contribution in [2.45, 2.75) is 13.0 Å². The minimum atomic E-state index is -0.302. The number of thiocarbonyl (C=S) groups is 1. The quantitative estimate of drug-likeness (QED) is 0.673. The highest BCUT2D eigenvalue weighted by atomic mass is 32.1. The molecule has 0 saturated carbocycles. The van der Waals surface area contributed by atoms with E-state index in [-0.39, 0.29) is 11.9 Å². The first-order valence-corrected chi connectivity index (χ1v) is 6.94. The number of furan rings is 1. The summed E-state index contributed by atoms with van der Waals surface area (Å²) in [5.74, 6) is 0.311. The van der Waals surface area contributed by atoms with Crippen LogP contribution >= 0.6 is 12.2 Å². The molecule has 0 saturated heterocycles. The zero-order valence-corrected chi connectivity index (χ0v) is 12.4. The molecule has 0 radical (unpaired) electrons. The molecule has 1 amide bonds. The number of amides is 1. The lowest BCUT2D eigenvalue weighted by atomic mass is 10.1. The van der Waals surface area contributed by atoms with E-state index in [0.29, 0.717) is 10.9 Å². The Balaban J connectivity index is 1.83. The van der Waals surface area contributed by atoms with Crippen LogP contribution in [0, 0.1) is 0 Å². The van der Waals surface area contributed by atoms with Crippen LogP contribution < -0.4 is 10.6 Å².